The van der Waals surface area contributed by atoms with Gasteiger partial charge in [-0.1, -0.05) is 35.2 Å². The van der Waals surface area contributed by atoms with E-state index < -0.39 is 5.92 Å². The van der Waals surface area contributed by atoms with Crippen LogP contribution in [-0.2, 0) is 15.3 Å². The lowest BCUT2D eigenvalue weighted by atomic mass is 10.1. The molecule has 0 saturated carbocycles. The van der Waals surface area contributed by atoms with Crippen LogP contribution >= 0.6 is 23.1 Å². The maximum Gasteiger partial charge on any atom is 0.231 e. The molecule has 2 amide bonds. The molecule has 10 heteroatoms. The number of anilines is 2. The first-order valence-corrected chi connectivity index (χ1v) is 11.0. The zero-order valence-electron chi connectivity index (χ0n) is 16.1. The summed E-state index contributed by atoms with van der Waals surface area (Å²) in [7, 11) is 1.58. The van der Waals surface area contributed by atoms with Crippen LogP contribution in [0.25, 0.3) is 0 Å². The van der Waals surface area contributed by atoms with Gasteiger partial charge in [-0.3, -0.25) is 14.6 Å². The molecule has 3 aromatic rings. The van der Waals surface area contributed by atoms with E-state index in [1.54, 1.807) is 24.3 Å². The number of carbonyl (C=O) groups excluding carboxylic acids is 2. The second-order valence-corrected chi connectivity index (χ2v) is 8.82. The minimum atomic E-state index is -0.445. The number of rotatable bonds is 7. The second kappa shape index (κ2) is 9.23. The highest BCUT2D eigenvalue weighted by molar-refractivity contribution is 8.00. The van der Waals surface area contributed by atoms with Crippen LogP contribution in [0.5, 0.6) is 5.75 Å². The predicted octanol–water partition coefficient (Wildman–Crippen LogP) is 3.23. The van der Waals surface area contributed by atoms with Crippen LogP contribution in [0.4, 0.5) is 10.8 Å². The molecule has 4 rings (SSSR count). The van der Waals surface area contributed by atoms with Crippen molar-refractivity contribution in [2.45, 2.75) is 16.5 Å². The Morgan fingerprint density at radius 1 is 1.33 bits per heavy atom. The van der Waals surface area contributed by atoms with Crippen molar-refractivity contribution in [3.63, 3.8) is 0 Å². The second-order valence-electron chi connectivity index (χ2n) is 6.62. The number of nitrogens with one attached hydrogen (secondary N) is 1. The van der Waals surface area contributed by atoms with Gasteiger partial charge < -0.3 is 15.0 Å². The Bertz CT molecular complexity index is 1040. The smallest absolute Gasteiger partial charge is 0.231 e. The van der Waals surface area contributed by atoms with Crippen LogP contribution in [0.1, 0.15) is 12.0 Å². The van der Waals surface area contributed by atoms with Gasteiger partial charge in [-0.05, 0) is 23.8 Å². The zero-order chi connectivity index (χ0) is 20.9. The number of amides is 2. The van der Waals surface area contributed by atoms with Crippen molar-refractivity contribution in [2.75, 3.05) is 23.9 Å². The molecule has 1 saturated heterocycles. The molecular weight excluding hydrogens is 422 g/mol. The molecule has 2 aromatic heterocycles. The molecular formula is C20H19N5O3S2. The zero-order valence-corrected chi connectivity index (χ0v) is 17.8. The van der Waals surface area contributed by atoms with Crippen molar-refractivity contribution in [3.8, 4) is 5.75 Å². The number of pyridine rings is 1. The van der Waals surface area contributed by atoms with Crippen molar-refractivity contribution in [1.29, 1.82) is 0 Å². The number of aromatic nitrogens is 3. The van der Waals surface area contributed by atoms with Gasteiger partial charge >= 0.3 is 0 Å². The maximum absolute atomic E-state index is 12.7. The van der Waals surface area contributed by atoms with Crippen molar-refractivity contribution >= 4 is 45.7 Å². The highest BCUT2D eigenvalue weighted by atomic mass is 32.2. The lowest BCUT2D eigenvalue weighted by molar-refractivity contribution is -0.122. The molecule has 1 N–H and O–H groups in total. The van der Waals surface area contributed by atoms with Crippen LogP contribution in [-0.4, -0.2) is 40.7 Å². The Morgan fingerprint density at radius 2 is 2.23 bits per heavy atom. The molecule has 1 aliphatic rings. The average Bonchev–Trinajstić information content (AvgIpc) is 3.39. The number of nitrogens with zero attached hydrogens (tertiary/aromatic N) is 4. The SMILES string of the molecule is COc1cccc(N2C[C@@H](C(=O)Nc3nnc(SCc4cccnc4)s3)CC2=O)c1. The summed E-state index contributed by atoms with van der Waals surface area (Å²) < 4.78 is 5.98. The Balaban J connectivity index is 1.34. The van der Waals surface area contributed by atoms with Crippen LogP contribution < -0.4 is 15.0 Å². The number of methoxy groups -OCH3 is 1. The number of benzene rings is 1. The van der Waals surface area contributed by atoms with Crippen molar-refractivity contribution in [1.82, 2.24) is 15.2 Å². The fourth-order valence-corrected chi connectivity index (χ4v) is 4.75. The average molecular weight is 442 g/mol. The molecule has 0 spiro atoms. The fraction of sp³-hybridized carbons (Fsp3) is 0.250. The molecule has 0 unspecified atom stereocenters. The molecule has 1 aliphatic heterocycles. The lowest BCUT2D eigenvalue weighted by Gasteiger charge is -2.17. The van der Waals surface area contributed by atoms with Gasteiger partial charge in [0.15, 0.2) is 4.34 Å². The Morgan fingerprint density at radius 3 is 3.03 bits per heavy atom. The van der Waals surface area contributed by atoms with E-state index in [4.69, 9.17) is 4.74 Å². The summed E-state index contributed by atoms with van der Waals surface area (Å²) in [6.07, 6.45) is 3.70. The largest absolute Gasteiger partial charge is 0.497 e. The molecule has 0 aliphatic carbocycles. The van der Waals surface area contributed by atoms with Crippen molar-refractivity contribution in [2.24, 2.45) is 5.92 Å². The summed E-state index contributed by atoms with van der Waals surface area (Å²) in [4.78, 5) is 30.8. The molecule has 1 fully saturated rings. The first-order valence-electron chi connectivity index (χ1n) is 9.23. The number of thioether (sulfide) groups is 1. The summed E-state index contributed by atoms with van der Waals surface area (Å²) in [6, 6.07) is 11.1. The van der Waals surface area contributed by atoms with Gasteiger partial charge in [-0.2, -0.15) is 0 Å². The van der Waals surface area contributed by atoms with Gasteiger partial charge in [0.25, 0.3) is 0 Å². The van der Waals surface area contributed by atoms with E-state index in [1.165, 1.54) is 23.1 Å². The molecule has 30 heavy (non-hydrogen) atoms. The molecule has 3 heterocycles. The van der Waals surface area contributed by atoms with Gasteiger partial charge in [-0.25, -0.2) is 0 Å². The summed E-state index contributed by atoms with van der Waals surface area (Å²) in [5, 5.41) is 11.4. The quantitative estimate of drug-likeness (QED) is 0.444. The minimum Gasteiger partial charge on any atom is -0.497 e. The summed E-state index contributed by atoms with van der Waals surface area (Å²) in [5.41, 5.74) is 1.81. The van der Waals surface area contributed by atoms with Gasteiger partial charge in [0.2, 0.25) is 16.9 Å². The molecule has 154 valence electrons. The summed E-state index contributed by atoms with van der Waals surface area (Å²) in [5.74, 6) is 0.628. The first kappa shape index (κ1) is 20.3. The molecule has 1 atom stereocenters. The third-order valence-corrected chi connectivity index (χ3v) is 6.63. The van der Waals surface area contributed by atoms with Gasteiger partial charge in [0.05, 0.1) is 13.0 Å². The molecule has 8 nitrogen and oxygen atoms in total. The molecule has 0 bridgehead atoms. The Kier molecular flexibility index (Phi) is 6.24. The third-order valence-electron chi connectivity index (χ3n) is 4.58. The van der Waals surface area contributed by atoms with E-state index in [0.29, 0.717) is 17.4 Å². The van der Waals surface area contributed by atoms with Crippen LogP contribution in [0.15, 0.2) is 53.1 Å². The number of hydrogen-bond donors (Lipinski definition) is 1. The number of hydrogen-bond acceptors (Lipinski definition) is 8. The Hall–Kier alpha value is -2.98. The third kappa shape index (κ3) is 4.77. The summed E-state index contributed by atoms with van der Waals surface area (Å²) >= 11 is 2.85. The number of carbonyl (C=O) groups is 2. The van der Waals surface area contributed by atoms with E-state index >= 15 is 0 Å². The van der Waals surface area contributed by atoms with Crippen LogP contribution in [0.2, 0.25) is 0 Å². The minimum absolute atomic E-state index is 0.0895. The topological polar surface area (TPSA) is 97.3 Å². The van der Waals surface area contributed by atoms with E-state index in [1.807, 2.05) is 36.5 Å². The van der Waals surface area contributed by atoms with E-state index in [2.05, 4.69) is 20.5 Å². The summed E-state index contributed by atoms with van der Waals surface area (Å²) in [6.45, 7) is 0.319. The highest BCUT2D eigenvalue weighted by Gasteiger charge is 2.35. The molecule has 1 aromatic carbocycles. The van der Waals surface area contributed by atoms with Crippen LogP contribution in [0.3, 0.4) is 0 Å². The standard InChI is InChI=1S/C20H19N5O3S2/c1-28-16-6-2-5-15(9-16)25-11-14(8-17(25)26)18(27)22-19-23-24-20(30-19)29-12-13-4-3-7-21-10-13/h2-7,9-10,14H,8,11-12H2,1H3,(H,22,23,27)/t14-/m0/s1. The highest BCUT2D eigenvalue weighted by Crippen LogP contribution is 2.31. The fourth-order valence-electron chi connectivity index (χ4n) is 3.07. The normalized spacial score (nSPS) is 16.0. The van der Waals surface area contributed by atoms with Gasteiger partial charge in [0, 0.05) is 42.9 Å². The van der Waals surface area contributed by atoms with E-state index in [9.17, 15) is 9.59 Å². The van der Waals surface area contributed by atoms with Crippen molar-refractivity contribution in [3.05, 3.63) is 54.4 Å². The number of ether oxygens (including phenoxy) is 1. The Labute approximate surface area is 181 Å². The lowest BCUT2D eigenvalue weighted by Crippen LogP contribution is -2.28. The van der Waals surface area contributed by atoms with E-state index in [0.717, 1.165) is 21.3 Å². The van der Waals surface area contributed by atoms with Crippen molar-refractivity contribution < 1.29 is 14.3 Å². The van der Waals surface area contributed by atoms with Gasteiger partial charge in [-0.15, -0.1) is 10.2 Å². The van der Waals surface area contributed by atoms with E-state index in [-0.39, 0.29) is 18.2 Å². The van der Waals surface area contributed by atoms with Crippen LogP contribution in [0, 0.1) is 5.92 Å². The predicted molar refractivity (Wildman–Crippen MR) is 116 cm³/mol. The first-order chi connectivity index (χ1) is 14.6. The monoisotopic (exact) mass is 441 g/mol. The maximum atomic E-state index is 12.7. The molecule has 0 radical (unpaired) electrons. The van der Waals surface area contributed by atoms with Gasteiger partial charge in [0.1, 0.15) is 5.75 Å².